The molecule has 6 nitrogen and oxygen atoms in total. The standard InChI is InChI=1S/C22H23N3O3S/c1-17(24-23-16-18-6-4-3-5-7-18)19-8-14-22(15-9-19)29(26,27)25-20-10-12-21(28-2)13-11-20/h3-15,23,25H,16H2,1-2H3. The quantitative estimate of drug-likeness (QED) is 0.435. The smallest absolute Gasteiger partial charge is 0.261 e. The van der Waals surface area contributed by atoms with E-state index in [1.807, 2.05) is 37.3 Å². The van der Waals surface area contributed by atoms with Crippen molar-refractivity contribution >= 4 is 21.4 Å². The summed E-state index contributed by atoms with van der Waals surface area (Å²) in [6, 6.07) is 23.3. The molecule has 150 valence electrons. The Labute approximate surface area is 171 Å². The zero-order chi connectivity index (χ0) is 20.7. The van der Waals surface area contributed by atoms with E-state index in [2.05, 4.69) is 15.2 Å². The van der Waals surface area contributed by atoms with Crippen LogP contribution >= 0.6 is 0 Å². The van der Waals surface area contributed by atoms with Crippen LogP contribution in [0, 0.1) is 0 Å². The molecule has 0 saturated heterocycles. The van der Waals surface area contributed by atoms with Gasteiger partial charge >= 0.3 is 0 Å². The van der Waals surface area contributed by atoms with Gasteiger partial charge in [-0.15, -0.1) is 0 Å². The summed E-state index contributed by atoms with van der Waals surface area (Å²) in [5.41, 5.74) is 6.25. The van der Waals surface area contributed by atoms with Gasteiger partial charge in [0.2, 0.25) is 0 Å². The molecule has 0 heterocycles. The second-order valence-electron chi connectivity index (χ2n) is 6.38. The lowest BCUT2D eigenvalue weighted by Gasteiger charge is -2.10. The zero-order valence-electron chi connectivity index (χ0n) is 16.3. The van der Waals surface area contributed by atoms with Crippen molar-refractivity contribution < 1.29 is 13.2 Å². The molecule has 3 aromatic rings. The SMILES string of the molecule is COc1ccc(NS(=O)(=O)c2ccc(C(C)=NNCc3ccccc3)cc2)cc1. The van der Waals surface area contributed by atoms with Crippen LogP contribution < -0.4 is 14.9 Å². The topological polar surface area (TPSA) is 79.8 Å². The number of hydrazone groups is 1. The highest BCUT2D eigenvalue weighted by Gasteiger charge is 2.14. The molecule has 0 radical (unpaired) electrons. The van der Waals surface area contributed by atoms with E-state index in [-0.39, 0.29) is 4.90 Å². The number of nitrogens with one attached hydrogen (secondary N) is 2. The highest BCUT2D eigenvalue weighted by molar-refractivity contribution is 7.92. The number of benzene rings is 3. The minimum Gasteiger partial charge on any atom is -0.497 e. The molecule has 2 N–H and O–H groups in total. The van der Waals surface area contributed by atoms with Crippen LogP contribution in [0.4, 0.5) is 5.69 Å². The summed E-state index contributed by atoms with van der Waals surface area (Å²) in [5, 5.41) is 4.36. The third-order valence-corrected chi connectivity index (χ3v) is 5.69. The Hall–Kier alpha value is -3.32. The monoisotopic (exact) mass is 409 g/mol. The molecular formula is C22H23N3O3S. The second-order valence-corrected chi connectivity index (χ2v) is 8.06. The molecule has 0 amide bonds. The van der Waals surface area contributed by atoms with Crippen molar-refractivity contribution in [2.24, 2.45) is 5.10 Å². The van der Waals surface area contributed by atoms with Crippen molar-refractivity contribution in [1.29, 1.82) is 0 Å². The molecule has 0 aromatic heterocycles. The van der Waals surface area contributed by atoms with Crippen molar-refractivity contribution in [3.8, 4) is 5.75 Å². The fourth-order valence-electron chi connectivity index (χ4n) is 2.66. The lowest BCUT2D eigenvalue weighted by molar-refractivity contribution is 0.415. The van der Waals surface area contributed by atoms with Crippen molar-refractivity contribution in [2.75, 3.05) is 11.8 Å². The van der Waals surface area contributed by atoms with Crippen LogP contribution in [0.15, 0.2) is 88.9 Å². The Bertz CT molecular complexity index is 1060. The molecule has 0 aliphatic heterocycles. The molecule has 3 rings (SSSR count). The predicted octanol–water partition coefficient (Wildman–Crippen LogP) is 4.01. The molecule has 0 bridgehead atoms. The highest BCUT2D eigenvalue weighted by atomic mass is 32.2. The van der Waals surface area contributed by atoms with Gasteiger partial charge in [0, 0.05) is 5.69 Å². The van der Waals surface area contributed by atoms with E-state index in [4.69, 9.17) is 4.74 Å². The Morgan fingerprint density at radius 1 is 0.931 bits per heavy atom. The number of rotatable bonds is 8. The molecule has 0 fully saturated rings. The van der Waals surface area contributed by atoms with Gasteiger partial charge in [0.05, 0.1) is 24.3 Å². The normalized spacial score (nSPS) is 11.7. The van der Waals surface area contributed by atoms with Gasteiger partial charge in [0.25, 0.3) is 10.0 Å². The summed E-state index contributed by atoms with van der Waals surface area (Å²) in [7, 11) is -2.12. The molecule has 29 heavy (non-hydrogen) atoms. The predicted molar refractivity (Wildman–Crippen MR) is 116 cm³/mol. The molecule has 0 aliphatic carbocycles. The third-order valence-electron chi connectivity index (χ3n) is 4.30. The number of sulfonamides is 1. The summed E-state index contributed by atoms with van der Waals surface area (Å²) < 4.78 is 32.8. The maximum Gasteiger partial charge on any atom is 0.261 e. The van der Waals surface area contributed by atoms with Gasteiger partial charge in [0.15, 0.2) is 0 Å². The van der Waals surface area contributed by atoms with Crippen LogP contribution in [0.5, 0.6) is 5.75 Å². The number of methoxy groups -OCH3 is 1. The summed E-state index contributed by atoms with van der Waals surface area (Å²) >= 11 is 0. The van der Waals surface area contributed by atoms with E-state index in [1.54, 1.807) is 55.6 Å². The van der Waals surface area contributed by atoms with E-state index in [1.165, 1.54) is 0 Å². The van der Waals surface area contributed by atoms with Gasteiger partial charge in [-0.2, -0.15) is 5.10 Å². The van der Waals surface area contributed by atoms with Crippen LogP contribution in [0.3, 0.4) is 0 Å². The van der Waals surface area contributed by atoms with E-state index in [0.717, 1.165) is 16.8 Å². The third kappa shape index (κ3) is 5.58. The van der Waals surface area contributed by atoms with E-state index >= 15 is 0 Å². The first-order valence-electron chi connectivity index (χ1n) is 9.06. The summed E-state index contributed by atoms with van der Waals surface area (Å²) in [5.74, 6) is 0.660. The van der Waals surface area contributed by atoms with Gasteiger partial charge in [-0.25, -0.2) is 8.42 Å². The molecule has 0 saturated carbocycles. The van der Waals surface area contributed by atoms with Crippen LogP contribution in [-0.2, 0) is 16.6 Å². The summed E-state index contributed by atoms with van der Waals surface area (Å²) in [6.07, 6.45) is 0. The number of anilines is 1. The molecule has 0 aliphatic rings. The van der Waals surface area contributed by atoms with Crippen LogP contribution in [-0.4, -0.2) is 21.2 Å². The van der Waals surface area contributed by atoms with Crippen LogP contribution in [0.1, 0.15) is 18.1 Å². The minimum atomic E-state index is -3.67. The largest absolute Gasteiger partial charge is 0.497 e. The van der Waals surface area contributed by atoms with Gasteiger partial charge < -0.3 is 10.2 Å². The lowest BCUT2D eigenvalue weighted by Crippen LogP contribution is -2.13. The molecule has 7 heteroatoms. The zero-order valence-corrected chi connectivity index (χ0v) is 17.1. The van der Waals surface area contributed by atoms with E-state index < -0.39 is 10.0 Å². The highest BCUT2D eigenvalue weighted by Crippen LogP contribution is 2.19. The molecule has 0 atom stereocenters. The minimum absolute atomic E-state index is 0.183. The first-order chi connectivity index (χ1) is 14.0. The Balaban J connectivity index is 1.65. The van der Waals surface area contributed by atoms with Crippen molar-refractivity contribution in [3.05, 3.63) is 90.0 Å². The second kappa shape index (κ2) is 9.25. The first kappa shape index (κ1) is 20.4. The van der Waals surface area contributed by atoms with Crippen LogP contribution in [0.2, 0.25) is 0 Å². The maximum absolute atomic E-state index is 12.6. The molecule has 3 aromatic carbocycles. The van der Waals surface area contributed by atoms with Crippen LogP contribution in [0.25, 0.3) is 0 Å². The van der Waals surface area contributed by atoms with E-state index in [0.29, 0.717) is 18.0 Å². The number of hydrogen-bond acceptors (Lipinski definition) is 5. The van der Waals surface area contributed by atoms with Gasteiger partial charge in [-0.1, -0.05) is 42.5 Å². The molecular weight excluding hydrogens is 386 g/mol. The number of nitrogens with zero attached hydrogens (tertiary/aromatic N) is 1. The number of ether oxygens (including phenoxy) is 1. The van der Waals surface area contributed by atoms with Crippen molar-refractivity contribution in [2.45, 2.75) is 18.4 Å². The van der Waals surface area contributed by atoms with E-state index in [9.17, 15) is 8.42 Å². The fraction of sp³-hybridized carbons (Fsp3) is 0.136. The Morgan fingerprint density at radius 2 is 1.59 bits per heavy atom. The van der Waals surface area contributed by atoms with Gasteiger partial charge in [-0.3, -0.25) is 4.72 Å². The molecule has 0 unspecified atom stereocenters. The summed E-state index contributed by atoms with van der Waals surface area (Å²) in [4.78, 5) is 0.183. The summed E-state index contributed by atoms with van der Waals surface area (Å²) in [6.45, 7) is 2.49. The molecule has 0 spiro atoms. The van der Waals surface area contributed by atoms with Gasteiger partial charge in [-0.05, 0) is 54.4 Å². The first-order valence-corrected chi connectivity index (χ1v) is 10.5. The lowest BCUT2D eigenvalue weighted by atomic mass is 10.1. The van der Waals surface area contributed by atoms with Crippen molar-refractivity contribution in [3.63, 3.8) is 0 Å². The number of hydrogen-bond donors (Lipinski definition) is 2. The Morgan fingerprint density at radius 3 is 2.21 bits per heavy atom. The fourth-order valence-corrected chi connectivity index (χ4v) is 3.72. The van der Waals surface area contributed by atoms with Crippen molar-refractivity contribution in [1.82, 2.24) is 5.43 Å². The average Bonchev–Trinajstić information content (AvgIpc) is 2.75. The maximum atomic E-state index is 12.6. The van der Waals surface area contributed by atoms with Gasteiger partial charge in [0.1, 0.15) is 5.75 Å². The average molecular weight is 410 g/mol. The Kier molecular flexibility index (Phi) is 6.51.